The number of rotatable bonds is 3. The lowest BCUT2D eigenvalue weighted by atomic mass is 9.84. The molecule has 41 heavy (non-hydrogen) atoms. The van der Waals surface area contributed by atoms with E-state index < -0.39 is 27.7 Å². The minimum absolute atomic E-state index is 0.0118. The van der Waals surface area contributed by atoms with E-state index in [1.807, 2.05) is 27.1 Å². The van der Waals surface area contributed by atoms with Crippen molar-refractivity contribution in [1.29, 1.82) is 0 Å². The molecule has 1 amide bonds. The van der Waals surface area contributed by atoms with Crippen LogP contribution in [0.4, 0.5) is 0 Å². The van der Waals surface area contributed by atoms with Crippen LogP contribution in [0.25, 0.3) is 11.1 Å². The second kappa shape index (κ2) is 10.5. The number of sulfonamides is 1. The third-order valence-corrected chi connectivity index (χ3v) is 10.6. The topological polar surface area (TPSA) is 143 Å². The molecular weight excluding hydrogens is 548 g/mol. The molecule has 2 saturated heterocycles. The van der Waals surface area contributed by atoms with Gasteiger partial charge in [0.05, 0.1) is 24.6 Å². The predicted molar refractivity (Wildman–Crippen MR) is 148 cm³/mol. The van der Waals surface area contributed by atoms with E-state index in [-0.39, 0.29) is 36.1 Å². The van der Waals surface area contributed by atoms with Crippen molar-refractivity contribution < 1.29 is 27.6 Å². The first kappa shape index (κ1) is 27.9. The molecule has 0 saturated carbocycles. The zero-order valence-electron chi connectivity index (χ0n) is 23.5. The summed E-state index contributed by atoms with van der Waals surface area (Å²) in [5.41, 5.74) is 3.00. The van der Waals surface area contributed by atoms with Gasteiger partial charge in [-0.15, -0.1) is 0 Å². The Kier molecular flexibility index (Phi) is 7.17. The van der Waals surface area contributed by atoms with Gasteiger partial charge in [0.1, 0.15) is 22.4 Å². The maximum Gasteiger partial charge on any atom is 0.247 e. The number of amides is 1. The highest BCUT2D eigenvalue weighted by Gasteiger charge is 2.47. The number of fused-ring (bicyclic) bond motifs is 2. The molecule has 6 rings (SSSR count). The number of ether oxygens (including phenoxy) is 1. The fraction of sp³-hybridized carbons (Fsp3) is 0.536. The quantitative estimate of drug-likeness (QED) is 0.471. The van der Waals surface area contributed by atoms with Gasteiger partial charge in [-0.2, -0.15) is 9.40 Å². The monoisotopic (exact) mass is 584 g/mol. The van der Waals surface area contributed by atoms with Gasteiger partial charge in [0.25, 0.3) is 0 Å². The van der Waals surface area contributed by atoms with Crippen molar-refractivity contribution in [3.05, 3.63) is 47.6 Å². The van der Waals surface area contributed by atoms with Crippen molar-refractivity contribution in [3.8, 4) is 16.9 Å². The third-order valence-electron chi connectivity index (χ3n) is 8.71. The number of aryl methyl sites for hydroxylation is 3. The fourth-order valence-corrected chi connectivity index (χ4v) is 7.98. The SMILES string of the molecule is Cc1noc(C)c1CN1CCC2(CCOc3cc(-c4cnn(C)c4)ccc3S(=O)(=O)N3C[C@H](O)C[C@H]3C(=O)N2)CC1. The second-order valence-electron chi connectivity index (χ2n) is 11.5. The zero-order valence-corrected chi connectivity index (χ0v) is 24.4. The lowest BCUT2D eigenvalue weighted by Gasteiger charge is -2.43. The molecule has 0 radical (unpaired) electrons. The van der Waals surface area contributed by atoms with E-state index in [1.54, 1.807) is 23.0 Å². The third kappa shape index (κ3) is 5.27. The van der Waals surface area contributed by atoms with Crippen LogP contribution in [0.1, 0.15) is 42.7 Å². The van der Waals surface area contributed by atoms with Crippen molar-refractivity contribution >= 4 is 15.9 Å². The zero-order chi connectivity index (χ0) is 28.9. The molecule has 3 aliphatic heterocycles. The van der Waals surface area contributed by atoms with Crippen molar-refractivity contribution in [1.82, 2.24) is 29.5 Å². The molecule has 1 aromatic carbocycles. The summed E-state index contributed by atoms with van der Waals surface area (Å²) in [5, 5.41) is 22.0. The van der Waals surface area contributed by atoms with Crippen LogP contribution in [0, 0.1) is 13.8 Å². The largest absolute Gasteiger partial charge is 0.492 e. The number of hydrogen-bond donors (Lipinski definition) is 2. The molecule has 5 heterocycles. The molecular formula is C28H36N6O6S. The average Bonchev–Trinajstić information content (AvgIpc) is 3.64. The number of benzene rings is 1. The molecule has 0 unspecified atom stereocenters. The number of nitrogens with zero attached hydrogens (tertiary/aromatic N) is 5. The lowest BCUT2D eigenvalue weighted by molar-refractivity contribution is -0.127. The van der Waals surface area contributed by atoms with E-state index >= 15 is 0 Å². The number of likely N-dealkylation sites (tertiary alicyclic amines) is 1. The molecule has 2 aromatic heterocycles. The summed E-state index contributed by atoms with van der Waals surface area (Å²) >= 11 is 0. The van der Waals surface area contributed by atoms with Crippen LogP contribution in [0.3, 0.4) is 0 Å². The second-order valence-corrected chi connectivity index (χ2v) is 13.4. The van der Waals surface area contributed by atoms with Crippen LogP contribution in [0.15, 0.2) is 40.0 Å². The first-order valence-electron chi connectivity index (χ1n) is 14.0. The molecule has 3 aromatic rings. The Morgan fingerprint density at radius 3 is 2.63 bits per heavy atom. The highest BCUT2D eigenvalue weighted by atomic mass is 32.2. The summed E-state index contributed by atoms with van der Waals surface area (Å²) in [6, 6.07) is 3.95. The van der Waals surface area contributed by atoms with E-state index in [0.717, 1.165) is 45.5 Å². The fourth-order valence-electron chi connectivity index (χ4n) is 6.23. The van der Waals surface area contributed by atoms with Crippen LogP contribution >= 0.6 is 0 Å². The van der Waals surface area contributed by atoms with E-state index in [4.69, 9.17) is 9.26 Å². The number of nitrogens with one attached hydrogen (secondary N) is 1. The van der Waals surface area contributed by atoms with Gasteiger partial charge in [0.2, 0.25) is 15.9 Å². The smallest absolute Gasteiger partial charge is 0.247 e. The summed E-state index contributed by atoms with van der Waals surface area (Å²) in [6.45, 7) is 6.12. The standard InChI is InChI=1S/C28H36N6O6S/c1-18-23(19(2)40-31-18)17-33-9-6-28(7-10-33)8-11-39-25-12-20(21-14-29-32(3)15-21)4-5-26(25)41(37,38)34-16-22(35)13-24(34)27(36)30-28/h4-5,12,14-15,22,24,35H,6-11,13,16-17H2,1-3H3,(H,30,36)/t22-,24+/m1/s1. The molecule has 12 nitrogen and oxygen atoms in total. The van der Waals surface area contributed by atoms with Crippen molar-refractivity contribution in [2.75, 3.05) is 26.2 Å². The highest BCUT2D eigenvalue weighted by molar-refractivity contribution is 7.89. The number of carbonyl (C=O) groups is 1. The van der Waals surface area contributed by atoms with Gasteiger partial charge in [0, 0.05) is 68.9 Å². The first-order chi connectivity index (χ1) is 19.5. The molecule has 0 bridgehead atoms. The van der Waals surface area contributed by atoms with Crippen molar-refractivity contribution in [2.45, 2.75) is 68.7 Å². The van der Waals surface area contributed by atoms with Gasteiger partial charge >= 0.3 is 0 Å². The van der Waals surface area contributed by atoms with E-state index in [9.17, 15) is 18.3 Å². The van der Waals surface area contributed by atoms with Gasteiger partial charge in [0.15, 0.2) is 0 Å². The summed E-state index contributed by atoms with van der Waals surface area (Å²) < 4.78 is 42.2. The Labute approximate surface area is 239 Å². The minimum Gasteiger partial charge on any atom is -0.492 e. The maximum atomic E-state index is 13.9. The molecule has 2 atom stereocenters. The maximum absolute atomic E-state index is 13.9. The summed E-state index contributed by atoms with van der Waals surface area (Å²) in [5.74, 6) is 0.663. The van der Waals surface area contributed by atoms with Gasteiger partial charge < -0.3 is 19.7 Å². The van der Waals surface area contributed by atoms with Gasteiger partial charge in [-0.25, -0.2) is 8.42 Å². The number of piperidine rings is 1. The van der Waals surface area contributed by atoms with E-state index in [1.165, 1.54) is 6.07 Å². The predicted octanol–water partition coefficient (Wildman–Crippen LogP) is 1.75. The molecule has 13 heteroatoms. The van der Waals surface area contributed by atoms with Crippen molar-refractivity contribution in [3.63, 3.8) is 0 Å². The number of carbonyl (C=O) groups excluding carboxylic acids is 1. The van der Waals surface area contributed by atoms with Crippen LogP contribution in [0.5, 0.6) is 5.75 Å². The molecule has 3 aliphatic rings. The highest BCUT2D eigenvalue weighted by Crippen LogP contribution is 2.37. The van der Waals surface area contributed by atoms with Gasteiger partial charge in [-0.1, -0.05) is 11.2 Å². The molecule has 2 fully saturated rings. The van der Waals surface area contributed by atoms with Crippen LogP contribution in [0.2, 0.25) is 0 Å². The average molecular weight is 585 g/mol. The van der Waals surface area contributed by atoms with Gasteiger partial charge in [-0.3, -0.25) is 14.4 Å². The Balaban J connectivity index is 1.30. The first-order valence-corrected chi connectivity index (χ1v) is 15.4. The summed E-state index contributed by atoms with van der Waals surface area (Å²) in [6.07, 6.45) is 4.54. The number of hydrogen-bond acceptors (Lipinski definition) is 9. The van der Waals surface area contributed by atoms with E-state index in [0.29, 0.717) is 25.8 Å². The molecule has 0 aliphatic carbocycles. The Hall–Kier alpha value is -3.26. The normalized spacial score (nSPS) is 24.7. The number of aliphatic hydroxyl groups is 1. The Morgan fingerprint density at radius 1 is 1.17 bits per heavy atom. The van der Waals surface area contributed by atoms with Crippen LogP contribution < -0.4 is 10.1 Å². The molecule has 1 spiro atoms. The molecule has 2 N–H and O–H groups in total. The van der Waals surface area contributed by atoms with Crippen molar-refractivity contribution in [2.24, 2.45) is 7.05 Å². The van der Waals surface area contributed by atoms with Gasteiger partial charge in [-0.05, 0) is 44.4 Å². The molecule has 220 valence electrons. The Bertz CT molecular complexity index is 1540. The van der Waals surface area contributed by atoms with Crippen LogP contribution in [-0.2, 0) is 28.4 Å². The van der Waals surface area contributed by atoms with E-state index in [2.05, 4.69) is 20.5 Å². The number of aromatic nitrogens is 3. The van der Waals surface area contributed by atoms with Crippen LogP contribution in [-0.4, -0.2) is 87.5 Å². The lowest BCUT2D eigenvalue weighted by Crippen LogP contribution is -2.59. The minimum atomic E-state index is -4.14. The summed E-state index contributed by atoms with van der Waals surface area (Å²) in [7, 11) is -2.32. The number of aliphatic hydroxyl groups excluding tert-OH is 1. The summed E-state index contributed by atoms with van der Waals surface area (Å²) in [4.78, 5) is 16.0. The Morgan fingerprint density at radius 2 is 1.95 bits per heavy atom.